The molecule has 0 aromatic heterocycles. The topological polar surface area (TPSA) is 41.6 Å². The number of anilines is 1. The third kappa shape index (κ3) is 2.67. The summed E-state index contributed by atoms with van der Waals surface area (Å²) in [6.45, 7) is 2.83. The Hall–Kier alpha value is -0.780. The summed E-state index contributed by atoms with van der Waals surface area (Å²) >= 11 is 9.46. The minimum Gasteiger partial charge on any atom is -0.467 e. The number of hydrogen-bond donors (Lipinski definition) is 1. The van der Waals surface area contributed by atoms with E-state index in [1.165, 1.54) is 7.11 Å². The Morgan fingerprint density at radius 2 is 2.19 bits per heavy atom. The molecule has 4 rings (SSSR count). The van der Waals surface area contributed by atoms with Crippen LogP contribution in [0, 0.1) is 5.92 Å². The predicted octanol–water partition coefficient (Wildman–Crippen LogP) is 3.15. The second kappa shape index (κ2) is 5.78. The van der Waals surface area contributed by atoms with Gasteiger partial charge in [-0.3, -0.25) is 0 Å². The Bertz CT molecular complexity index is 561. The Kier molecular flexibility index (Phi) is 4.17. The fraction of sp³-hybridized carbons (Fsp3) is 0.533. The molecule has 1 unspecified atom stereocenters. The number of halogens is 2. The van der Waals surface area contributed by atoms with Crippen LogP contribution in [-0.4, -0.2) is 43.2 Å². The fourth-order valence-electron chi connectivity index (χ4n) is 3.50. The van der Waals surface area contributed by atoms with Gasteiger partial charge in [-0.15, -0.1) is 0 Å². The average molecular weight is 374 g/mol. The minimum absolute atomic E-state index is 0.178. The first-order valence-corrected chi connectivity index (χ1v) is 8.26. The number of carbonyl (C=O) groups is 1. The lowest BCUT2D eigenvalue weighted by molar-refractivity contribution is -0.153. The summed E-state index contributed by atoms with van der Waals surface area (Å²) in [6, 6.07) is 5.63. The van der Waals surface area contributed by atoms with E-state index in [1.807, 2.05) is 18.2 Å². The van der Waals surface area contributed by atoms with Gasteiger partial charge in [0, 0.05) is 16.7 Å². The van der Waals surface area contributed by atoms with Gasteiger partial charge in [-0.2, -0.15) is 0 Å². The van der Waals surface area contributed by atoms with Gasteiger partial charge >= 0.3 is 5.97 Å². The second-order valence-corrected chi connectivity index (χ2v) is 7.03. The van der Waals surface area contributed by atoms with Gasteiger partial charge in [0.05, 0.1) is 12.1 Å². The van der Waals surface area contributed by atoms with Gasteiger partial charge in [0.15, 0.2) is 5.54 Å². The fourth-order valence-corrected chi connectivity index (χ4v) is 4.00. The zero-order chi connectivity index (χ0) is 15.0. The monoisotopic (exact) mass is 372 g/mol. The molecule has 21 heavy (non-hydrogen) atoms. The number of nitrogens with one attached hydrogen (secondary N) is 1. The van der Waals surface area contributed by atoms with E-state index < -0.39 is 5.54 Å². The van der Waals surface area contributed by atoms with Crippen LogP contribution in [0.4, 0.5) is 5.69 Å². The van der Waals surface area contributed by atoms with Crippen LogP contribution in [0.5, 0.6) is 0 Å². The molecule has 0 aliphatic carbocycles. The maximum absolute atomic E-state index is 12.5. The number of nitrogens with zero attached hydrogens (tertiary/aromatic N) is 1. The summed E-state index contributed by atoms with van der Waals surface area (Å²) in [4.78, 5) is 14.8. The van der Waals surface area contributed by atoms with Crippen molar-refractivity contribution in [3.63, 3.8) is 0 Å². The van der Waals surface area contributed by atoms with Gasteiger partial charge in [0.1, 0.15) is 0 Å². The van der Waals surface area contributed by atoms with Crippen molar-refractivity contribution in [1.82, 2.24) is 4.90 Å². The molecule has 3 aliphatic rings. The lowest BCUT2D eigenvalue weighted by Crippen LogP contribution is -2.67. The van der Waals surface area contributed by atoms with Gasteiger partial charge in [-0.25, -0.2) is 4.79 Å². The highest BCUT2D eigenvalue weighted by Crippen LogP contribution is 2.39. The average Bonchev–Trinajstić information content (AvgIpc) is 2.51. The van der Waals surface area contributed by atoms with Crippen molar-refractivity contribution in [1.29, 1.82) is 0 Å². The highest BCUT2D eigenvalue weighted by atomic mass is 79.9. The van der Waals surface area contributed by atoms with Gasteiger partial charge in [0.25, 0.3) is 0 Å². The molecule has 2 bridgehead atoms. The van der Waals surface area contributed by atoms with E-state index in [0.29, 0.717) is 17.5 Å². The Morgan fingerprint density at radius 1 is 1.48 bits per heavy atom. The molecule has 1 aromatic rings. The molecular weight excluding hydrogens is 356 g/mol. The highest BCUT2D eigenvalue weighted by Gasteiger charge is 2.53. The van der Waals surface area contributed by atoms with E-state index in [-0.39, 0.29) is 5.97 Å². The molecular formula is C15H18BrClN2O2. The Labute approximate surface area is 137 Å². The molecule has 1 aromatic carbocycles. The molecule has 3 aliphatic heterocycles. The van der Waals surface area contributed by atoms with Crippen molar-refractivity contribution in [2.24, 2.45) is 5.92 Å². The van der Waals surface area contributed by atoms with E-state index in [0.717, 1.165) is 36.1 Å². The molecule has 114 valence electrons. The first kappa shape index (κ1) is 15.1. The van der Waals surface area contributed by atoms with Gasteiger partial charge in [-0.05, 0) is 66.0 Å². The maximum atomic E-state index is 12.5. The second-order valence-electron chi connectivity index (χ2n) is 5.77. The highest BCUT2D eigenvalue weighted by molar-refractivity contribution is 9.10. The number of piperidine rings is 3. The van der Waals surface area contributed by atoms with Crippen molar-refractivity contribution in [3.05, 3.63) is 27.7 Å². The molecule has 0 spiro atoms. The summed E-state index contributed by atoms with van der Waals surface area (Å²) in [5, 5.41) is 4.09. The number of ether oxygens (including phenoxy) is 1. The zero-order valence-corrected chi connectivity index (χ0v) is 14.2. The number of esters is 1. The maximum Gasteiger partial charge on any atom is 0.333 e. The van der Waals surface area contributed by atoms with Gasteiger partial charge in [0.2, 0.25) is 0 Å². The van der Waals surface area contributed by atoms with Gasteiger partial charge in [-0.1, -0.05) is 11.6 Å². The number of methoxy groups -OCH3 is 1. The number of benzene rings is 1. The van der Waals surface area contributed by atoms with E-state index in [9.17, 15) is 4.79 Å². The third-order valence-corrected chi connectivity index (χ3v) is 5.81. The molecule has 6 heteroatoms. The normalized spacial score (nSPS) is 31.0. The van der Waals surface area contributed by atoms with E-state index >= 15 is 0 Å². The molecule has 3 saturated heterocycles. The quantitative estimate of drug-likeness (QED) is 0.827. The molecule has 4 nitrogen and oxygen atoms in total. The number of hydrogen-bond acceptors (Lipinski definition) is 4. The van der Waals surface area contributed by atoms with Crippen LogP contribution in [0.2, 0.25) is 5.02 Å². The Balaban J connectivity index is 1.93. The van der Waals surface area contributed by atoms with Crippen LogP contribution >= 0.6 is 27.5 Å². The smallest absolute Gasteiger partial charge is 0.333 e. The summed E-state index contributed by atoms with van der Waals surface area (Å²) in [5.74, 6) is 0.132. The standard InChI is InChI=1S/C15H18BrClN2O2/c1-21-14(20)15(9-19-6-4-10(15)5-7-19)18-11-2-3-13(17)12(16)8-11/h2-3,8,10,18H,4-7,9H2,1H3. The molecule has 1 N–H and O–H groups in total. The molecule has 0 amide bonds. The van der Waals surface area contributed by atoms with Crippen molar-refractivity contribution < 1.29 is 9.53 Å². The summed E-state index contributed by atoms with van der Waals surface area (Å²) < 4.78 is 5.92. The summed E-state index contributed by atoms with van der Waals surface area (Å²) in [5.41, 5.74) is 0.226. The van der Waals surface area contributed by atoms with Crippen molar-refractivity contribution in [2.45, 2.75) is 18.4 Å². The first-order chi connectivity index (χ1) is 10.0. The van der Waals surface area contributed by atoms with Crippen LogP contribution in [-0.2, 0) is 9.53 Å². The third-order valence-electron chi connectivity index (χ3n) is 4.59. The molecule has 0 saturated carbocycles. The van der Waals surface area contributed by atoms with E-state index in [2.05, 4.69) is 26.1 Å². The van der Waals surface area contributed by atoms with Gasteiger partial charge < -0.3 is 15.0 Å². The SMILES string of the molecule is COC(=O)C1(Nc2ccc(Cl)c(Br)c2)CN2CCC1CC2. The Morgan fingerprint density at radius 3 is 2.71 bits per heavy atom. The summed E-state index contributed by atoms with van der Waals surface area (Å²) in [6.07, 6.45) is 2.05. The van der Waals surface area contributed by atoms with Crippen LogP contribution < -0.4 is 5.32 Å². The van der Waals surface area contributed by atoms with E-state index in [1.54, 1.807) is 0 Å². The number of fused-ring (bicyclic) bond motifs is 3. The van der Waals surface area contributed by atoms with Crippen molar-refractivity contribution in [3.8, 4) is 0 Å². The van der Waals surface area contributed by atoms with Crippen LogP contribution in [0.25, 0.3) is 0 Å². The van der Waals surface area contributed by atoms with Crippen LogP contribution in [0.3, 0.4) is 0 Å². The van der Waals surface area contributed by atoms with E-state index in [4.69, 9.17) is 16.3 Å². The first-order valence-electron chi connectivity index (χ1n) is 7.09. The lowest BCUT2D eigenvalue weighted by atomic mass is 9.72. The molecule has 3 heterocycles. The van der Waals surface area contributed by atoms with Crippen molar-refractivity contribution in [2.75, 3.05) is 32.1 Å². The number of carbonyl (C=O) groups excluding carboxylic acids is 1. The molecule has 1 atom stereocenters. The zero-order valence-electron chi connectivity index (χ0n) is 11.9. The minimum atomic E-state index is -0.654. The van der Waals surface area contributed by atoms with Crippen LogP contribution in [0.15, 0.2) is 22.7 Å². The number of rotatable bonds is 3. The lowest BCUT2D eigenvalue weighted by Gasteiger charge is -2.51. The van der Waals surface area contributed by atoms with Crippen molar-refractivity contribution >= 4 is 39.2 Å². The molecule has 0 radical (unpaired) electrons. The summed E-state index contributed by atoms with van der Waals surface area (Å²) in [7, 11) is 1.46. The molecule has 3 fully saturated rings. The largest absolute Gasteiger partial charge is 0.467 e. The predicted molar refractivity (Wildman–Crippen MR) is 86.7 cm³/mol. The van der Waals surface area contributed by atoms with Crippen LogP contribution in [0.1, 0.15) is 12.8 Å².